The smallest absolute Gasteiger partial charge is 0.263 e. The Kier molecular flexibility index (Phi) is 7.92. The number of carbonyl (C=O) groups is 1. The quantitative estimate of drug-likeness (QED) is 0.641. The van der Waals surface area contributed by atoms with Crippen LogP contribution in [0.2, 0.25) is 5.02 Å². The molecule has 2 aromatic rings. The molecule has 0 aliphatic carbocycles. The van der Waals surface area contributed by atoms with Gasteiger partial charge in [-0.15, -0.1) is 0 Å². The molecular weight excluding hydrogens is 462 g/mol. The minimum absolute atomic E-state index is 0.0348. The number of nitrogens with zero attached hydrogens (tertiary/aromatic N) is 2. The van der Waals surface area contributed by atoms with Gasteiger partial charge in [0.25, 0.3) is 15.9 Å². The monoisotopic (exact) mass is 493 g/mol. The van der Waals surface area contributed by atoms with Crippen molar-refractivity contribution >= 4 is 33.2 Å². The maximum atomic E-state index is 13.2. The standard InChI is InChI=1S/C24H32ClN3O4S/c1-5-32-20-10-8-19(9-11-20)26-33(30,31)22-17-18(7-12-21(22)25)23(29)27-13-6-14-28(16-15-27)24(2,3)4/h7-12,17,26H,5-6,13-16H2,1-4H3. The summed E-state index contributed by atoms with van der Waals surface area (Å²) in [6.07, 6.45) is 0.862. The number of carbonyl (C=O) groups excluding carboxylic acids is 1. The van der Waals surface area contributed by atoms with Gasteiger partial charge in [-0.3, -0.25) is 14.4 Å². The Balaban J connectivity index is 1.78. The summed E-state index contributed by atoms with van der Waals surface area (Å²) >= 11 is 6.23. The number of amides is 1. The minimum Gasteiger partial charge on any atom is -0.494 e. The highest BCUT2D eigenvalue weighted by molar-refractivity contribution is 7.92. The van der Waals surface area contributed by atoms with Crippen molar-refractivity contribution < 1.29 is 17.9 Å². The molecule has 1 heterocycles. The van der Waals surface area contributed by atoms with E-state index in [2.05, 4.69) is 30.4 Å². The third-order valence-corrected chi connectivity index (χ3v) is 7.48. The Morgan fingerprint density at radius 2 is 1.76 bits per heavy atom. The molecule has 0 aromatic heterocycles. The summed E-state index contributed by atoms with van der Waals surface area (Å²) < 4.78 is 34.0. The Hall–Kier alpha value is -2.29. The van der Waals surface area contributed by atoms with Gasteiger partial charge in [0.05, 0.1) is 11.6 Å². The number of sulfonamides is 1. The molecule has 3 rings (SSSR count). The van der Waals surface area contributed by atoms with Gasteiger partial charge in [-0.05, 0) is 76.6 Å². The Bertz CT molecular complexity index is 1080. The predicted octanol–water partition coefficient (Wildman–Crippen LogP) is 4.49. The van der Waals surface area contributed by atoms with Crippen LogP contribution in [0.5, 0.6) is 5.75 Å². The van der Waals surface area contributed by atoms with E-state index in [9.17, 15) is 13.2 Å². The van der Waals surface area contributed by atoms with Gasteiger partial charge >= 0.3 is 0 Å². The van der Waals surface area contributed by atoms with Crippen LogP contribution in [0.15, 0.2) is 47.4 Å². The van der Waals surface area contributed by atoms with Crippen LogP contribution >= 0.6 is 11.6 Å². The number of hydrogen-bond acceptors (Lipinski definition) is 5. The molecule has 1 N–H and O–H groups in total. The van der Waals surface area contributed by atoms with E-state index in [1.807, 2.05) is 6.92 Å². The third-order valence-electron chi connectivity index (χ3n) is 5.62. The predicted molar refractivity (Wildman–Crippen MR) is 132 cm³/mol. The zero-order valence-corrected chi connectivity index (χ0v) is 21.2. The van der Waals surface area contributed by atoms with Gasteiger partial charge < -0.3 is 9.64 Å². The molecule has 0 spiro atoms. The molecule has 0 radical (unpaired) electrons. The lowest BCUT2D eigenvalue weighted by Gasteiger charge is -2.34. The first kappa shape index (κ1) is 25.3. The van der Waals surface area contributed by atoms with Crippen molar-refractivity contribution in [3.8, 4) is 5.75 Å². The fourth-order valence-corrected chi connectivity index (χ4v) is 5.40. The van der Waals surface area contributed by atoms with E-state index in [0.717, 1.165) is 19.5 Å². The molecular formula is C24H32ClN3O4S. The van der Waals surface area contributed by atoms with Gasteiger partial charge in [-0.25, -0.2) is 8.42 Å². The maximum absolute atomic E-state index is 13.2. The van der Waals surface area contributed by atoms with E-state index >= 15 is 0 Å². The molecule has 1 saturated heterocycles. The molecule has 7 nitrogen and oxygen atoms in total. The lowest BCUT2D eigenvalue weighted by Crippen LogP contribution is -2.44. The number of halogens is 1. The second-order valence-electron chi connectivity index (χ2n) is 9.01. The summed E-state index contributed by atoms with van der Waals surface area (Å²) in [5.74, 6) is 0.452. The highest BCUT2D eigenvalue weighted by Crippen LogP contribution is 2.27. The summed E-state index contributed by atoms with van der Waals surface area (Å²) in [7, 11) is -3.99. The van der Waals surface area contributed by atoms with Gasteiger partial charge in [0.1, 0.15) is 10.6 Å². The van der Waals surface area contributed by atoms with E-state index in [0.29, 0.717) is 36.7 Å². The van der Waals surface area contributed by atoms with Gasteiger partial charge in [0, 0.05) is 43.0 Å². The van der Waals surface area contributed by atoms with Gasteiger partial charge in [0.15, 0.2) is 0 Å². The molecule has 1 fully saturated rings. The first-order valence-corrected chi connectivity index (χ1v) is 13.0. The van der Waals surface area contributed by atoms with Crippen molar-refractivity contribution in [2.45, 2.75) is 44.6 Å². The molecule has 0 bridgehead atoms. The van der Waals surface area contributed by atoms with Crippen LogP contribution in [0.1, 0.15) is 44.5 Å². The SMILES string of the molecule is CCOc1ccc(NS(=O)(=O)c2cc(C(=O)N3CCCN(C(C)(C)C)CC3)ccc2Cl)cc1. The van der Waals surface area contributed by atoms with Crippen LogP contribution < -0.4 is 9.46 Å². The van der Waals surface area contributed by atoms with Crippen LogP contribution in [0.4, 0.5) is 5.69 Å². The molecule has 1 aliphatic rings. The first-order chi connectivity index (χ1) is 15.5. The van der Waals surface area contributed by atoms with Crippen LogP contribution in [0.25, 0.3) is 0 Å². The average molecular weight is 494 g/mol. The highest BCUT2D eigenvalue weighted by Gasteiger charge is 2.27. The largest absolute Gasteiger partial charge is 0.494 e. The molecule has 180 valence electrons. The molecule has 9 heteroatoms. The number of nitrogens with one attached hydrogen (secondary N) is 1. The normalized spacial score (nSPS) is 15.7. The van der Waals surface area contributed by atoms with Crippen molar-refractivity contribution in [3.63, 3.8) is 0 Å². The Labute approximate surface area is 201 Å². The van der Waals surface area contributed by atoms with Crippen LogP contribution in [0, 0.1) is 0 Å². The summed E-state index contributed by atoms with van der Waals surface area (Å²) in [5, 5.41) is 0.0553. The zero-order chi connectivity index (χ0) is 24.2. The molecule has 33 heavy (non-hydrogen) atoms. The van der Waals surface area contributed by atoms with E-state index in [-0.39, 0.29) is 21.4 Å². The van der Waals surface area contributed by atoms with Crippen LogP contribution in [-0.2, 0) is 10.0 Å². The van der Waals surface area contributed by atoms with Crippen molar-refractivity contribution in [2.75, 3.05) is 37.5 Å². The molecule has 0 atom stereocenters. The summed E-state index contributed by atoms with van der Waals surface area (Å²) in [6, 6.07) is 11.0. The van der Waals surface area contributed by atoms with E-state index < -0.39 is 10.0 Å². The summed E-state index contributed by atoms with van der Waals surface area (Å²) in [4.78, 5) is 17.2. The van der Waals surface area contributed by atoms with Crippen molar-refractivity contribution in [2.24, 2.45) is 0 Å². The van der Waals surface area contributed by atoms with Gasteiger partial charge in [-0.2, -0.15) is 0 Å². The summed E-state index contributed by atoms with van der Waals surface area (Å²) in [5.41, 5.74) is 0.712. The van der Waals surface area contributed by atoms with Crippen molar-refractivity contribution in [3.05, 3.63) is 53.1 Å². The first-order valence-electron chi connectivity index (χ1n) is 11.1. The van der Waals surface area contributed by atoms with Crippen LogP contribution in [-0.4, -0.2) is 62.4 Å². The average Bonchev–Trinajstić information content (AvgIpc) is 3.01. The molecule has 0 unspecified atom stereocenters. The van der Waals surface area contributed by atoms with Gasteiger partial charge in [-0.1, -0.05) is 11.6 Å². The summed E-state index contributed by atoms with van der Waals surface area (Å²) in [6.45, 7) is 11.8. The maximum Gasteiger partial charge on any atom is 0.263 e. The second kappa shape index (κ2) is 10.3. The number of anilines is 1. The highest BCUT2D eigenvalue weighted by atomic mass is 35.5. The molecule has 1 aliphatic heterocycles. The topological polar surface area (TPSA) is 78.9 Å². The minimum atomic E-state index is -3.99. The van der Waals surface area contributed by atoms with E-state index in [1.165, 1.54) is 12.1 Å². The van der Waals surface area contributed by atoms with Gasteiger partial charge in [0.2, 0.25) is 0 Å². The number of rotatable bonds is 6. The molecule has 0 saturated carbocycles. The lowest BCUT2D eigenvalue weighted by molar-refractivity contribution is 0.0749. The zero-order valence-electron chi connectivity index (χ0n) is 19.6. The number of ether oxygens (including phenoxy) is 1. The van der Waals surface area contributed by atoms with E-state index in [4.69, 9.17) is 16.3 Å². The number of benzene rings is 2. The Morgan fingerprint density at radius 3 is 2.39 bits per heavy atom. The van der Waals surface area contributed by atoms with Crippen LogP contribution in [0.3, 0.4) is 0 Å². The van der Waals surface area contributed by atoms with Crippen molar-refractivity contribution in [1.29, 1.82) is 0 Å². The second-order valence-corrected chi connectivity index (χ2v) is 11.1. The van der Waals surface area contributed by atoms with E-state index in [1.54, 1.807) is 35.2 Å². The fourth-order valence-electron chi connectivity index (χ4n) is 3.81. The molecule has 2 aromatic carbocycles. The Morgan fingerprint density at radius 1 is 1.06 bits per heavy atom. The fraction of sp³-hybridized carbons (Fsp3) is 0.458. The van der Waals surface area contributed by atoms with Crippen molar-refractivity contribution in [1.82, 2.24) is 9.80 Å². The lowest BCUT2D eigenvalue weighted by atomic mass is 10.1. The third kappa shape index (κ3) is 6.40. The molecule has 1 amide bonds. The number of hydrogen-bond donors (Lipinski definition) is 1.